The lowest BCUT2D eigenvalue weighted by atomic mass is 10.1. The summed E-state index contributed by atoms with van der Waals surface area (Å²) >= 11 is 0. The van der Waals surface area contributed by atoms with Crippen LogP contribution < -0.4 is 5.32 Å². The van der Waals surface area contributed by atoms with Crippen LogP contribution in [0.2, 0.25) is 0 Å². The number of nitrogens with one attached hydrogen (secondary N) is 1. The van der Waals surface area contributed by atoms with Crippen molar-refractivity contribution < 1.29 is 9.90 Å². The molecule has 2 N–H and O–H groups in total. The molecule has 2 atom stereocenters. The molecule has 1 saturated heterocycles. The van der Waals surface area contributed by atoms with Gasteiger partial charge in [-0.15, -0.1) is 0 Å². The Morgan fingerprint density at radius 1 is 1.53 bits per heavy atom. The zero-order valence-corrected chi connectivity index (χ0v) is 11.3. The van der Waals surface area contributed by atoms with Crippen LogP contribution in [0, 0.1) is 0 Å². The molecule has 100 valence electrons. The van der Waals surface area contributed by atoms with Crippen LogP contribution in [0.15, 0.2) is 0 Å². The van der Waals surface area contributed by atoms with Gasteiger partial charge >= 0.3 is 5.97 Å². The van der Waals surface area contributed by atoms with Gasteiger partial charge in [0.05, 0.1) is 0 Å². The van der Waals surface area contributed by atoms with E-state index in [0.717, 1.165) is 38.8 Å². The molecule has 0 spiro atoms. The molecule has 17 heavy (non-hydrogen) atoms. The maximum Gasteiger partial charge on any atom is 0.320 e. The summed E-state index contributed by atoms with van der Waals surface area (Å²) in [7, 11) is 0. The first-order valence-corrected chi connectivity index (χ1v) is 6.78. The molecule has 0 aromatic carbocycles. The Bertz CT molecular complexity index is 244. The van der Waals surface area contributed by atoms with E-state index in [-0.39, 0.29) is 6.04 Å². The van der Waals surface area contributed by atoms with E-state index in [1.54, 1.807) is 0 Å². The van der Waals surface area contributed by atoms with E-state index in [1.165, 1.54) is 0 Å². The maximum atomic E-state index is 11.2. The minimum absolute atomic E-state index is 0.251. The van der Waals surface area contributed by atoms with Gasteiger partial charge in [0.1, 0.15) is 6.04 Å². The average Bonchev–Trinajstić information content (AvgIpc) is 2.72. The van der Waals surface area contributed by atoms with Crippen LogP contribution in [-0.2, 0) is 4.79 Å². The monoisotopic (exact) mass is 242 g/mol. The molecule has 0 aliphatic carbocycles. The van der Waals surface area contributed by atoms with Crippen LogP contribution in [0.1, 0.15) is 46.5 Å². The number of hydrogen-bond donors (Lipinski definition) is 2. The highest BCUT2D eigenvalue weighted by Crippen LogP contribution is 2.23. The normalized spacial score (nSPS) is 23.2. The van der Waals surface area contributed by atoms with Crippen molar-refractivity contribution in [1.82, 2.24) is 10.2 Å². The minimum atomic E-state index is -0.655. The average molecular weight is 242 g/mol. The van der Waals surface area contributed by atoms with Gasteiger partial charge in [0, 0.05) is 12.1 Å². The van der Waals surface area contributed by atoms with E-state index < -0.39 is 5.97 Å². The van der Waals surface area contributed by atoms with Crippen molar-refractivity contribution in [1.29, 1.82) is 0 Å². The van der Waals surface area contributed by atoms with Crippen molar-refractivity contribution in [2.45, 2.75) is 64.6 Å². The van der Waals surface area contributed by atoms with Gasteiger partial charge in [-0.05, 0) is 38.8 Å². The van der Waals surface area contributed by atoms with Crippen molar-refractivity contribution in [3.63, 3.8) is 0 Å². The molecule has 1 aliphatic rings. The fourth-order valence-corrected chi connectivity index (χ4v) is 2.63. The first-order chi connectivity index (χ1) is 8.06. The Morgan fingerprint density at radius 3 is 2.76 bits per heavy atom. The highest BCUT2D eigenvalue weighted by molar-refractivity contribution is 5.73. The summed E-state index contributed by atoms with van der Waals surface area (Å²) in [5.41, 5.74) is 0. The molecule has 1 rings (SSSR count). The molecule has 0 radical (unpaired) electrons. The van der Waals surface area contributed by atoms with Crippen LogP contribution in [0.5, 0.6) is 0 Å². The fourth-order valence-electron chi connectivity index (χ4n) is 2.63. The quantitative estimate of drug-likeness (QED) is 0.713. The predicted octanol–water partition coefficient (Wildman–Crippen LogP) is 1.70. The van der Waals surface area contributed by atoms with E-state index in [0.29, 0.717) is 12.1 Å². The Labute approximate surface area is 104 Å². The zero-order valence-electron chi connectivity index (χ0n) is 11.3. The molecule has 4 nitrogen and oxygen atoms in total. The number of rotatable bonds is 7. The van der Waals surface area contributed by atoms with Gasteiger partial charge in [-0.25, -0.2) is 0 Å². The summed E-state index contributed by atoms with van der Waals surface area (Å²) in [5.74, 6) is -0.655. The third-order valence-corrected chi connectivity index (χ3v) is 3.55. The van der Waals surface area contributed by atoms with Gasteiger partial charge in [0.25, 0.3) is 0 Å². The lowest BCUT2D eigenvalue weighted by Crippen LogP contribution is -2.44. The highest BCUT2D eigenvalue weighted by atomic mass is 16.4. The first-order valence-electron chi connectivity index (χ1n) is 6.78. The van der Waals surface area contributed by atoms with Gasteiger partial charge < -0.3 is 10.4 Å². The smallest absolute Gasteiger partial charge is 0.320 e. The third kappa shape index (κ3) is 4.28. The molecule has 0 aromatic rings. The van der Waals surface area contributed by atoms with E-state index in [9.17, 15) is 9.90 Å². The second-order valence-electron chi connectivity index (χ2n) is 5.19. The Balaban J connectivity index is 2.45. The molecule has 1 heterocycles. The van der Waals surface area contributed by atoms with Crippen molar-refractivity contribution >= 4 is 5.97 Å². The number of aliphatic carboxylic acids is 1. The number of carboxylic acids is 1. The van der Waals surface area contributed by atoms with Gasteiger partial charge in [0.2, 0.25) is 0 Å². The number of likely N-dealkylation sites (tertiary alicyclic amines) is 1. The van der Waals surface area contributed by atoms with E-state index in [2.05, 4.69) is 31.0 Å². The molecular formula is C13H26N2O2. The van der Waals surface area contributed by atoms with Gasteiger partial charge in [-0.2, -0.15) is 0 Å². The van der Waals surface area contributed by atoms with Crippen LogP contribution in [-0.4, -0.2) is 47.2 Å². The third-order valence-electron chi connectivity index (χ3n) is 3.55. The van der Waals surface area contributed by atoms with Crippen molar-refractivity contribution in [2.75, 3.05) is 13.1 Å². The van der Waals surface area contributed by atoms with E-state index in [4.69, 9.17) is 0 Å². The summed E-state index contributed by atoms with van der Waals surface area (Å²) in [6, 6.07) is 0.658. The van der Waals surface area contributed by atoms with Crippen LogP contribution in [0.3, 0.4) is 0 Å². The van der Waals surface area contributed by atoms with Crippen LogP contribution in [0.4, 0.5) is 0 Å². The standard InChI is InChI=1S/C13H26N2O2/c1-4-11(7-8-14-10(2)3)15-9-5-6-12(15)13(16)17/h10-12,14H,4-9H2,1-3H3,(H,16,17). The van der Waals surface area contributed by atoms with E-state index in [1.807, 2.05) is 0 Å². The topological polar surface area (TPSA) is 52.6 Å². The van der Waals surface area contributed by atoms with Gasteiger partial charge in [-0.1, -0.05) is 20.8 Å². The van der Waals surface area contributed by atoms with Crippen molar-refractivity contribution in [2.24, 2.45) is 0 Å². The molecule has 1 aliphatic heterocycles. The molecule has 2 unspecified atom stereocenters. The fraction of sp³-hybridized carbons (Fsp3) is 0.923. The first kappa shape index (κ1) is 14.5. The number of carbonyl (C=O) groups is 1. The maximum absolute atomic E-state index is 11.2. The van der Waals surface area contributed by atoms with Crippen LogP contribution in [0.25, 0.3) is 0 Å². The summed E-state index contributed by atoms with van der Waals surface area (Å²) in [4.78, 5) is 13.3. The minimum Gasteiger partial charge on any atom is -0.480 e. The lowest BCUT2D eigenvalue weighted by molar-refractivity contribution is -0.143. The number of hydrogen-bond acceptors (Lipinski definition) is 3. The highest BCUT2D eigenvalue weighted by Gasteiger charge is 2.34. The second kappa shape index (κ2) is 6.97. The molecule has 0 amide bonds. The molecule has 1 fully saturated rings. The molecule has 0 bridgehead atoms. The van der Waals surface area contributed by atoms with Crippen molar-refractivity contribution in [3.8, 4) is 0 Å². The largest absolute Gasteiger partial charge is 0.480 e. The lowest BCUT2D eigenvalue weighted by Gasteiger charge is -2.30. The molecule has 0 aromatic heterocycles. The van der Waals surface area contributed by atoms with Crippen LogP contribution >= 0.6 is 0 Å². The predicted molar refractivity (Wildman–Crippen MR) is 69.2 cm³/mol. The Morgan fingerprint density at radius 2 is 2.24 bits per heavy atom. The summed E-state index contributed by atoms with van der Waals surface area (Å²) in [6.45, 7) is 8.33. The van der Waals surface area contributed by atoms with Crippen molar-refractivity contribution in [3.05, 3.63) is 0 Å². The summed E-state index contributed by atoms with van der Waals surface area (Å²) in [6.07, 6.45) is 3.90. The number of nitrogens with zero attached hydrogens (tertiary/aromatic N) is 1. The Hall–Kier alpha value is -0.610. The zero-order chi connectivity index (χ0) is 12.8. The molecule has 0 saturated carbocycles. The Kier molecular flexibility index (Phi) is 5.92. The summed E-state index contributed by atoms with van der Waals surface area (Å²) in [5, 5.41) is 12.6. The summed E-state index contributed by atoms with van der Waals surface area (Å²) < 4.78 is 0. The second-order valence-corrected chi connectivity index (χ2v) is 5.19. The van der Waals surface area contributed by atoms with E-state index >= 15 is 0 Å². The SMILES string of the molecule is CCC(CCNC(C)C)N1CCCC1C(=O)O. The van der Waals surface area contributed by atoms with Gasteiger partial charge in [-0.3, -0.25) is 9.69 Å². The molecular weight excluding hydrogens is 216 g/mol. The molecule has 4 heteroatoms. The van der Waals surface area contributed by atoms with Gasteiger partial charge in [0.15, 0.2) is 0 Å². The number of carboxylic acid groups (broad SMARTS) is 1.